The highest BCUT2D eigenvalue weighted by Crippen LogP contribution is 2.40. The molecule has 5 rings (SSSR count). The van der Waals surface area contributed by atoms with Gasteiger partial charge in [-0.25, -0.2) is 4.79 Å². The van der Waals surface area contributed by atoms with Gasteiger partial charge in [0.15, 0.2) is 0 Å². The third kappa shape index (κ3) is 3.55. The van der Waals surface area contributed by atoms with Gasteiger partial charge in [0.1, 0.15) is 18.5 Å². The third-order valence-corrected chi connectivity index (χ3v) is 5.38. The van der Waals surface area contributed by atoms with Crippen molar-refractivity contribution < 1.29 is 14.3 Å². The highest BCUT2D eigenvalue weighted by molar-refractivity contribution is 6.12. The van der Waals surface area contributed by atoms with E-state index in [4.69, 9.17) is 4.74 Å². The van der Waals surface area contributed by atoms with E-state index in [9.17, 15) is 14.9 Å². The van der Waals surface area contributed by atoms with Gasteiger partial charge < -0.3 is 15.0 Å². The number of hydrogen-bond donors (Lipinski definition) is 2. The Morgan fingerprint density at radius 3 is 2.66 bits per heavy atom. The number of anilines is 2. The molecule has 7 nitrogen and oxygen atoms in total. The summed E-state index contributed by atoms with van der Waals surface area (Å²) in [7, 11) is 0. The van der Waals surface area contributed by atoms with Crippen LogP contribution in [-0.2, 0) is 11.4 Å². The van der Waals surface area contributed by atoms with Gasteiger partial charge in [-0.15, -0.1) is 0 Å². The van der Waals surface area contributed by atoms with Crippen LogP contribution in [0.5, 0.6) is 5.75 Å². The molecule has 0 aromatic heterocycles. The normalized spacial score (nSPS) is 16.7. The maximum absolute atomic E-state index is 12.5. The average Bonchev–Trinajstić information content (AvgIpc) is 2.82. The number of benzene rings is 3. The van der Waals surface area contributed by atoms with Crippen LogP contribution in [0.1, 0.15) is 16.7 Å². The molecule has 2 aliphatic rings. The maximum atomic E-state index is 12.5. The zero-order valence-electron chi connectivity index (χ0n) is 16.9. The van der Waals surface area contributed by atoms with Gasteiger partial charge in [0, 0.05) is 11.8 Å². The number of nitriles is 1. The first-order valence-electron chi connectivity index (χ1n) is 10.1. The number of carbonyl (C=O) groups excluding carboxylic acids is 2. The molecule has 1 unspecified atom stereocenters. The lowest BCUT2D eigenvalue weighted by Gasteiger charge is -2.41. The van der Waals surface area contributed by atoms with E-state index in [1.54, 1.807) is 24.3 Å². The molecule has 3 aromatic rings. The summed E-state index contributed by atoms with van der Waals surface area (Å²) in [6, 6.07) is 24.1. The first kappa shape index (κ1) is 19.4. The predicted octanol–water partition coefficient (Wildman–Crippen LogP) is 3.84. The number of nitrogens with one attached hydrogen (secondary N) is 2. The van der Waals surface area contributed by atoms with Crippen LogP contribution in [0, 0.1) is 11.3 Å². The second-order valence-electron chi connectivity index (χ2n) is 7.46. The van der Waals surface area contributed by atoms with Gasteiger partial charge in [0.05, 0.1) is 22.9 Å². The highest BCUT2D eigenvalue weighted by atomic mass is 16.5. The van der Waals surface area contributed by atoms with E-state index in [0.717, 1.165) is 16.8 Å². The van der Waals surface area contributed by atoms with Crippen molar-refractivity contribution in [1.82, 2.24) is 10.6 Å². The molecule has 0 aliphatic carbocycles. The molecule has 3 aromatic carbocycles. The smallest absolute Gasteiger partial charge is 0.323 e. The third-order valence-electron chi connectivity index (χ3n) is 5.38. The van der Waals surface area contributed by atoms with Crippen LogP contribution < -0.4 is 20.3 Å². The largest absolute Gasteiger partial charge is 0.489 e. The van der Waals surface area contributed by atoms with Gasteiger partial charge in [0.2, 0.25) is 0 Å². The maximum Gasteiger partial charge on any atom is 0.323 e. The van der Waals surface area contributed by atoms with Crippen molar-refractivity contribution in [3.05, 3.63) is 95.1 Å². The summed E-state index contributed by atoms with van der Waals surface area (Å²) in [5, 5.41) is 14.5. The number of urea groups is 1. The van der Waals surface area contributed by atoms with Gasteiger partial charge in [-0.1, -0.05) is 42.5 Å². The number of ether oxygens (including phenoxy) is 1. The van der Waals surface area contributed by atoms with E-state index in [1.807, 2.05) is 59.5 Å². The van der Waals surface area contributed by atoms with Crippen molar-refractivity contribution in [1.29, 1.82) is 5.26 Å². The van der Waals surface area contributed by atoms with E-state index in [2.05, 4.69) is 16.7 Å². The molecule has 0 saturated carbocycles. The Bertz CT molecular complexity index is 1290. The highest BCUT2D eigenvalue weighted by Gasteiger charge is 2.38. The van der Waals surface area contributed by atoms with E-state index < -0.39 is 18.1 Å². The molecule has 156 valence electrons. The summed E-state index contributed by atoms with van der Waals surface area (Å²) >= 11 is 0. The van der Waals surface area contributed by atoms with Crippen LogP contribution in [0.4, 0.5) is 16.2 Å². The summed E-state index contributed by atoms with van der Waals surface area (Å²) in [5.74, 6) is 0.197. The Morgan fingerprint density at radius 1 is 1.00 bits per heavy atom. The molecule has 1 fully saturated rings. The number of carbonyl (C=O) groups is 2. The van der Waals surface area contributed by atoms with Crippen LogP contribution in [0.15, 0.2) is 78.4 Å². The predicted molar refractivity (Wildman–Crippen MR) is 119 cm³/mol. The number of amides is 3. The van der Waals surface area contributed by atoms with Gasteiger partial charge in [-0.2, -0.15) is 5.26 Å². The Balaban J connectivity index is 1.55. The van der Waals surface area contributed by atoms with Crippen molar-refractivity contribution in [2.24, 2.45) is 0 Å². The van der Waals surface area contributed by atoms with Crippen molar-refractivity contribution in [3.63, 3.8) is 0 Å². The van der Waals surface area contributed by atoms with E-state index in [-0.39, 0.29) is 0 Å². The second-order valence-corrected chi connectivity index (χ2v) is 7.46. The number of fused-ring (bicyclic) bond motifs is 2. The number of hydrogen-bond acceptors (Lipinski definition) is 5. The summed E-state index contributed by atoms with van der Waals surface area (Å²) in [6.45, 7) is 0.410. The van der Waals surface area contributed by atoms with E-state index in [0.29, 0.717) is 29.2 Å². The molecule has 0 spiro atoms. The fraction of sp³-hybridized carbons (Fsp3) is 0.0800. The van der Waals surface area contributed by atoms with E-state index in [1.165, 1.54) is 0 Å². The Morgan fingerprint density at radius 2 is 1.84 bits per heavy atom. The second kappa shape index (κ2) is 7.93. The van der Waals surface area contributed by atoms with Crippen LogP contribution in [0.25, 0.3) is 6.08 Å². The molecule has 0 bridgehead atoms. The average molecular weight is 422 g/mol. The Hall–Kier alpha value is -4.57. The molecule has 1 atom stereocenters. The zero-order valence-corrected chi connectivity index (χ0v) is 16.9. The molecule has 1 saturated heterocycles. The zero-order chi connectivity index (χ0) is 22.1. The lowest BCUT2D eigenvalue weighted by atomic mass is 9.96. The number of rotatable bonds is 4. The topological polar surface area (TPSA) is 94.5 Å². The summed E-state index contributed by atoms with van der Waals surface area (Å²) in [6.07, 6.45) is 1.03. The molecule has 32 heavy (non-hydrogen) atoms. The fourth-order valence-corrected chi connectivity index (χ4v) is 3.89. The molecule has 7 heteroatoms. The molecule has 0 radical (unpaired) electrons. The summed E-state index contributed by atoms with van der Waals surface area (Å²) < 4.78 is 5.97. The van der Waals surface area contributed by atoms with Crippen molar-refractivity contribution in [2.45, 2.75) is 12.8 Å². The lowest BCUT2D eigenvalue weighted by Crippen LogP contribution is -2.60. The van der Waals surface area contributed by atoms with Gasteiger partial charge in [-0.05, 0) is 41.5 Å². The first-order chi connectivity index (χ1) is 15.6. The van der Waals surface area contributed by atoms with Crippen molar-refractivity contribution in [3.8, 4) is 11.8 Å². The minimum atomic E-state index is -0.706. The van der Waals surface area contributed by atoms with Crippen LogP contribution in [0.3, 0.4) is 0 Å². The fourth-order valence-electron chi connectivity index (χ4n) is 3.89. The first-order valence-corrected chi connectivity index (χ1v) is 10.1. The van der Waals surface area contributed by atoms with Crippen LogP contribution in [0.2, 0.25) is 0 Å². The molecular weight excluding hydrogens is 404 g/mol. The Labute approximate surface area is 184 Å². The standard InChI is InChI=1S/C25H18N4O3/c26-14-17-9-10-18-12-21-23(27-25(31)28-24(21)30)29(22(18)11-17)19-7-4-8-20(13-19)32-15-16-5-2-1-3-6-16/h1-13,23H,15H2,(H2,27,28,30,31). The van der Waals surface area contributed by atoms with Crippen LogP contribution in [-0.4, -0.2) is 18.1 Å². The molecule has 2 aliphatic heterocycles. The van der Waals surface area contributed by atoms with Crippen molar-refractivity contribution in [2.75, 3.05) is 4.90 Å². The number of nitrogens with zero attached hydrogens (tertiary/aromatic N) is 2. The van der Waals surface area contributed by atoms with Gasteiger partial charge in [0.25, 0.3) is 5.91 Å². The molecule has 3 amide bonds. The molecular formula is C25H18N4O3. The molecule has 2 N–H and O–H groups in total. The van der Waals surface area contributed by atoms with Gasteiger partial charge >= 0.3 is 6.03 Å². The number of imide groups is 1. The monoisotopic (exact) mass is 422 g/mol. The molecule has 2 heterocycles. The summed E-state index contributed by atoms with van der Waals surface area (Å²) in [5.41, 5.74) is 4.15. The summed E-state index contributed by atoms with van der Waals surface area (Å²) in [4.78, 5) is 26.5. The van der Waals surface area contributed by atoms with Gasteiger partial charge in [-0.3, -0.25) is 10.1 Å². The van der Waals surface area contributed by atoms with E-state index >= 15 is 0 Å². The minimum Gasteiger partial charge on any atom is -0.489 e. The quantitative estimate of drug-likeness (QED) is 0.666. The minimum absolute atomic E-state index is 0.410. The SMILES string of the molecule is N#Cc1ccc2c(c1)N(c1cccc(OCc3ccccc3)c1)C1NC(=O)NC(=O)C1=C2. The Kier molecular flexibility index (Phi) is 4.81. The van der Waals surface area contributed by atoms with Crippen molar-refractivity contribution >= 4 is 29.4 Å². The lowest BCUT2D eigenvalue weighted by molar-refractivity contribution is -0.117. The van der Waals surface area contributed by atoms with Crippen LogP contribution >= 0.6 is 0 Å².